The molecule has 256 valence electrons. The van der Waals surface area contributed by atoms with Crippen molar-refractivity contribution in [2.45, 2.75) is 45.7 Å². The van der Waals surface area contributed by atoms with Crippen LogP contribution in [-0.4, -0.2) is 69.6 Å². The summed E-state index contributed by atoms with van der Waals surface area (Å²) >= 11 is 0. The van der Waals surface area contributed by atoms with Gasteiger partial charge in [-0.3, -0.25) is 9.48 Å². The average Bonchev–Trinajstić information content (AvgIpc) is 3.64. The molecule has 16 heteroatoms. The van der Waals surface area contributed by atoms with Crippen LogP contribution in [0.3, 0.4) is 0 Å². The van der Waals surface area contributed by atoms with E-state index in [9.17, 15) is 18.0 Å². The summed E-state index contributed by atoms with van der Waals surface area (Å²) in [4.78, 5) is 22.9. The number of carbonyl (C=O) groups is 1. The van der Waals surface area contributed by atoms with Crippen molar-refractivity contribution in [2.75, 3.05) is 44.6 Å². The number of aliphatic hydroxyl groups excluding tert-OH is 1. The van der Waals surface area contributed by atoms with Gasteiger partial charge in [0.1, 0.15) is 17.1 Å². The summed E-state index contributed by atoms with van der Waals surface area (Å²) in [6.45, 7) is 5.62. The topological polar surface area (TPSA) is 136 Å². The van der Waals surface area contributed by atoms with Crippen molar-refractivity contribution >= 4 is 37.4 Å². The number of alkyl halides is 3. The number of benzene rings is 2. The van der Waals surface area contributed by atoms with Crippen molar-refractivity contribution in [3.63, 3.8) is 0 Å². The largest absolute Gasteiger partial charge is 0.495 e. The third-order valence-electron chi connectivity index (χ3n) is 7.48. The first-order chi connectivity index (χ1) is 23.1. The molecular weight excluding hydrogens is 650 g/mol. The Kier molecular flexibility index (Phi) is 11.2. The number of aryl methyl sites for hydroxylation is 1. The second-order valence-corrected chi connectivity index (χ2v) is 12.3. The molecule has 0 bridgehead atoms. The van der Waals surface area contributed by atoms with Crippen LogP contribution in [0.2, 0.25) is 0 Å². The lowest BCUT2D eigenvalue weighted by atomic mass is 9.97. The molecule has 5 rings (SSSR count). The van der Waals surface area contributed by atoms with Crippen LogP contribution in [0.1, 0.15) is 47.3 Å². The molecule has 1 aliphatic rings. The molecule has 0 spiro atoms. The standard InChI is InChI=1S/C32H37F3N7O5P/c1-5-46-48(47-6-2)19-20-8-10-25(27(14-20)45-4)39-31-36-16-24(32(33,34)35)29(40-31)38-26-11-9-22(23-18-41(3)30(44)28(23)26)21-15-37-42(17-21)12-7-13-43/h8-11,14-17,43H,5-7,12-13,18-19H2,1-4H3,(H2,36,38,39,40). The summed E-state index contributed by atoms with van der Waals surface area (Å²) in [5.41, 5.74) is 2.78. The van der Waals surface area contributed by atoms with Gasteiger partial charge in [-0.1, -0.05) is 12.1 Å². The van der Waals surface area contributed by atoms with E-state index in [1.807, 2.05) is 26.1 Å². The minimum atomic E-state index is -4.78. The fraction of sp³-hybridized carbons (Fsp3) is 0.375. The van der Waals surface area contributed by atoms with Crippen LogP contribution in [0.25, 0.3) is 11.1 Å². The van der Waals surface area contributed by atoms with Crippen molar-refractivity contribution in [3.8, 4) is 16.9 Å². The van der Waals surface area contributed by atoms with Gasteiger partial charge in [0.25, 0.3) is 5.91 Å². The Morgan fingerprint density at radius 3 is 2.50 bits per heavy atom. The van der Waals surface area contributed by atoms with Crippen LogP contribution in [-0.2, 0) is 34.5 Å². The number of fused-ring (bicyclic) bond motifs is 1. The van der Waals surface area contributed by atoms with E-state index >= 15 is 0 Å². The molecule has 12 nitrogen and oxygen atoms in total. The number of methoxy groups -OCH3 is 1. The van der Waals surface area contributed by atoms with E-state index in [4.69, 9.17) is 18.9 Å². The second-order valence-electron chi connectivity index (χ2n) is 10.8. The van der Waals surface area contributed by atoms with Crippen molar-refractivity contribution in [3.05, 3.63) is 71.2 Å². The molecule has 48 heavy (non-hydrogen) atoms. The van der Waals surface area contributed by atoms with E-state index < -0.39 is 25.9 Å². The van der Waals surface area contributed by atoms with Gasteiger partial charge in [-0.15, -0.1) is 0 Å². The summed E-state index contributed by atoms with van der Waals surface area (Å²) in [6, 6.07) is 8.66. The van der Waals surface area contributed by atoms with Crippen LogP contribution >= 0.6 is 8.38 Å². The number of rotatable bonds is 15. The summed E-state index contributed by atoms with van der Waals surface area (Å²) in [5.74, 6) is -0.557. The Balaban J connectivity index is 1.46. The number of ether oxygens (including phenoxy) is 1. The number of hydrogen-bond donors (Lipinski definition) is 3. The lowest BCUT2D eigenvalue weighted by Gasteiger charge is -2.18. The van der Waals surface area contributed by atoms with Crippen LogP contribution < -0.4 is 15.4 Å². The molecule has 3 heterocycles. The van der Waals surface area contributed by atoms with Crippen LogP contribution in [0.15, 0.2) is 48.9 Å². The zero-order valence-electron chi connectivity index (χ0n) is 27.0. The number of carbonyl (C=O) groups excluding carboxylic acids is 1. The number of nitrogens with one attached hydrogen (secondary N) is 2. The smallest absolute Gasteiger partial charge is 0.421 e. The molecule has 1 amide bonds. The van der Waals surface area contributed by atoms with Crippen molar-refractivity contribution < 1.29 is 36.9 Å². The average molecular weight is 688 g/mol. The maximum absolute atomic E-state index is 14.2. The number of anilines is 4. The highest BCUT2D eigenvalue weighted by Crippen LogP contribution is 2.44. The molecule has 4 aromatic rings. The summed E-state index contributed by atoms with van der Waals surface area (Å²) in [5, 5.41) is 19.2. The van der Waals surface area contributed by atoms with Gasteiger partial charge in [-0.05, 0) is 55.2 Å². The molecule has 1 aliphatic heterocycles. The molecule has 3 N–H and O–H groups in total. The number of aromatic nitrogens is 4. The lowest BCUT2D eigenvalue weighted by Crippen LogP contribution is -2.18. The van der Waals surface area contributed by atoms with Crippen LogP contribution in [0.5, 0.6) is 5.75 Å². The third kappa shape index (κ3) is 7.87. The first kappa shape index (κ1) is 35.0. The lowest BCUT2D eigenvalue weighted by molar-refractivity contribution is -0.137. The SMILES string of the molecule is CCOP(Cc1ccc(Nc2ncc(C(F)(F)F)c(Nc3ccc(-c4cnn(CCCO)c4)c4c3C(=O)N(C)C4)n2)c(OC)c1)OCC. The first-order valence-electron chi connectivity index (χ1n) is 15.3. The quantitative estimate of drug-likeness (QED) is 0.116. The molecular formula is C32H37F3N7O5P. The van der Waals surface area contributed by atoms with Gasteiger partial charge in [0.05, 0.1) is 43.5 Å². The van der Waals surface area contributed by atoms with Crippen LogP contribution in [0.4, 0.5) is 36.3 Å². The van der Waals surface area contributed by atoms with E-state index in [1.54, 1.807) is 42.2 Å². The molecule has 0 radical (unpaired) electrons. The Labute approximate surface area is 277 Å². The van der Waals surface area contributed by atoms with Gasteiger partial charge in [-0.25, -0.2) is 4.98 Å². The second kappa shape index (κ2) is 15.3. The molecule has 0 aliphatic carbocycles. The summed E-state index contributed by atoms with van der Waals surface area (Å²) in [6.07, 6.45) is 0.435. The van der Waals surface area contributed by atoms with Crippen molar-refractivity contribution in [1.29, 1.82) is 0 Å². The maximum Gasteiger partial charge on any atom is 0.421 e. The number of amides is 1. The molecule has 0 fully saturated rings. The minimum Gasteiger partial charge on any atom is -0.495 e. The monoisotopic (exact) mass is 687 g/mol. The molecule has 0 saturated carbocycles. The number of hydrogen-bond acceptors (Lipinski definition) is 10. The van der Waals surface area contributed by atoms with E-state index in [-0.39, 0.29) is 36.3 Å². The predicted molar refractivity (Wildman–Crippen MR) is 176 cm³/mol. The van der Waals surface area contributed by atoms with Gasteiger partial charge in [0.2, 0.25) is 5.95 Å². The Bertz CT molecular complexity index is 1750. The number of nitrogens with zero attached hydrogens (tertiary/aromatic N) is 5. The van der Waals surface area contributed by atoms with E-state index in [2.05, 4.69) is 25.7 Å². The van der Waals surface area contributed by atoms with Crippen molar-refractivity contribution in [1.82, 2.24) is 24.6 Å². The molecule has 0 saturated heterocycles. The van der Waals surface area contributed by atoms with Gasteiger partial charge in [0.15, 0.2) is 8.38 Å². The zero-order chi connectivity index (χ0) is 34.4. The van der Waals surface area contributed by atoms with E-state index in [0.717, 1.165) is 16.7 Å². The Hall–Kier alpha value is -4.30. The highest BCUT2D eigenvalue weighted by Gasteiger charge is 2.37. The molecule has 0 unspecified atom stereocenters. The fourth-order valence-corrected chi connectivity index (χ4v) is 6.61. The highest BCUT2D eigenvalue weighted by molar-refractivity contribution is 7.46. The van der Waals surface area contributed by atoms with Gasteiger partial charge in [0, 0.05) is 50.9 Å². The zero-order valence-corrected chi connectivity index (χ0v) is 27.9. The number of aliphatic hydroxyl groups is 1. The normalized spacial score (nSPS) is 12.9. The summed E-state index contributed by atoms with van der Waals surface area (Å²) < 4.78 is 61.2. The van der Waals surface area contributed by atoms with Crippen LogP contribution in [0, 0.1) is 0 Å². The van der Waals surface area contributed by atoms with Gasteiger partial charge in [-0.2, -0.15) is 23.3 Å². The molecule has 2 aromatic heterocycles. The molecule has 0 atom stereocenters. The Morgan fingerprint density at radius 1 is 1.06 bits per heavy atom. The van der Waals surface area contributed by atoms with E-state index in [1.165, 1.54) is 12.0 Å². The molecule has 2 aromatic carbocycles. The van der Waals surface area contributed by atoms with Gasteiger partial charge >= 0.3 is 6.18 Å². The first-order valence-corrected chi connectivity index (χ1v) is 16.7. The van der Waals surface area contributed by atoms with Gasteiger partial charge < -0.3 is 34.4 Å². The predicted octanol–water partition coefficient (Wildman–Crippen LogP) is 6.71. The fourth-order valence-electron chi connectivity index (χ4n) is 5.28. The van der Waals surface area contributed by atoms with Crippen molar-refractivity contribution in [2.24, 2.45) is 0 Å². The maximum atomic E-state index is 14.2. The number of halogens is 3. The summed E-state index contributed by atoms with van der Waals surface area (Å²) in [7, 11) is 1.97. The Morgan fingerprint density at radius 2 is 1.81 bits per heavy atom. The third-order valence-corrected chi connectivity index (χ3v) is 9.19. The van der Waals surface area contributed by atoms with E-state index in [0.29, 0.717) is 55.5 Å². The highest BCUT2D eigenvalue weighted by atomic mass is 31.2. The minimum absolute atomic E-state index is 0.0230.